The zero-order valence-electron chi connectivity index (χ0n) is 11.7. The molecule has 20 heavy (non-hydrogen) atoms. The Bertz CT molecular complexity index is 397. The van der Waals surface area contributed by atoms with Crippen molar-refractivity contribution >= 4 is 9.84 Å². The molecular formula is C12H22F3NO3S. The number of ether oxygens (including phenoxy) is 1. The van der Waals surface area contributed by atoms with E-state index in [2.05, 4.69) is 10.1 Å². The number of hydrogen-bond donors (Lipinski definition) is 1. The van der Waals surface area contributed by atoms with E-state index in [4.69, 9.17) is 0 Å². The molecule has 1 saturated carbocycles. The maximum atomic E-state index is 12.0. The third kappa shape index (κ3) is 5.97. The van der Waals surface area contributed by atoms with Gasteiger partial charge in [-0.05, 0) is 32.2 Å². The summed E-state index contributed by atoms with van der Waals surface area (Å²) in [6.07, 6.45) is -0.406. The van der Waals surface area contributed by atoms with Crippen LogP contribution in [0.15, 0.2) is 0 Å². The van der Waals surface area contributed by atoms with Crippen LogP contribution >= 0.6 is 0 Å². The fourth-order valence-corrected chi connectivity index (χ4v) is 3.88. The van der Waals surface area contributed by atoms with Crippen molar-refractivity contribution < 1.29 is 26.3 Å². The van der Waals surface area contributed by atoms with Gasteiger partial charge >= 0.3 is 6.18 Å². The van der Waals surface area contributed by atoms with Crippen molar-refractivity contribution in [1.82, 2.24) is 5.32 Å². The molecule has 0 spiro atoms. The lowest BCUT2D eigenvalue weighted by Gasteiger charge is -2.33. The van der Waals surface area contributed by atoms with Crippen LogP contribution in [0, 0.1) is 5.92 Å². The summed E-state index contributed by atoms with van der Waals surface area (Å²) in [7, 11) is -1.43. The van der Waals surface area contributed by atoms with Crippen molar-refractivity contribution in [3.05, 3.63) is 0 Å². The number of nitrogens with one attached hydrogen (secondary N) is 1. The molecule has 4 nitrogen and oxygen atoms in total. The Labute approximate surface area is 118 Å². The summed E-state index contributed by atoms with van der Waals surface area (Å²) < 4.78 is 64.0. The van der Waals surface area contributed by atoms with Crippen molar-refractivity contribution in [3.8, 4) is 0 Å². The predicted octanol–water partition coefficient (Wildman–Crippen LogP) is 1.76. The van der Waals surface area contributed by atoms with E-state index in [0.29, 0.717) is 12.8 Å². The lowest BCUT2D eigenvalue weighted by Crippen LogP contribution is -2.42. The molecule has 0 amide bonds. The van der Waals surface area contributed by atoms with E-state index in [1.54, 1.807) is 7.05 Å². The van der Waals surface area contributed by atoms with Crippen molar-refractivity contribution in [3.63, 3.8) is 0 Å². The summed E-state index contributed by atoms with van der Waals surface area (Å²) in [5.41, 5.74) is 0. The first kappa shape index (κ1) is 17.7. The van der Waals surface area contributed by atoms with Gasteiger partial charge in [0.1, 0.15) is 16.4 Å². The topological polar surface area (TPSA) is 55.4 Å². The van der Waals surface area contributed by atoms with Crippen LogP contribution in [0.2, 0.25) is 0 Å². The Balaban J connectivity index is 2.52. The Hall–Kier alpha value is -0.340. The second-order valence-electron chi connectivity index (χ2n) is 5.40. The Morgan fingerprint density at radius 3 is 2.50 bits per heavy atom. The standard InChI is InChI=1S/C12H22F3NO3S/c1-16-11(7-19-8-12(13,14)15)9-4-3-5-10(6-9)20(2,17)18/h9-11,16H,3-8H2,1-2H3. The SMILES string of the molecule is CNC(COCC(F)(F)F)C1CCCC(S(C)(=O)=O)C1. The van der Waals surface area contributed by atoms with Gasteiger partial charge in [-0.25, -0.2) is 8.42 Å². The van der Waals surface area contributed by atoms with E-state index in [1.165, 1.54) is 6.26 Å². The minimum atomic E-state index is -4.33. The van der Waals surface area contributed by atoms with Gasteiger partial charge in [0.05, 0.1) is 11.9 Å². The number of hydrogen-bond acceptors (Lipinski definition) is 4. The van der Waals surface area contributed by atoms with Crippen LogP contribution in [0.4, 0.5) is 13.2 Å². The number of alkyl halides is 3. The first-order valence-corrected chi connectivity index (χ1v) is 8.59. The summed E-state index contributed by atoms with van der Waals surface area (Å²) in [6.45, 7) is -1.33. The summed E-state index contributed by atoms with van der Waals surface area (Å²) in [4.78, 5) is 0. The molecule has 0 aromatic rings. The van der Waals surface area contributed by atoms with Crippen LogP contribution in [-0.2, 0) is 14.6 Å². The molecule has 1 aliphatic carbocycles. The van der Waals surface area contributed by atoms with Gasteiger partial charge in [0.25, 0.3) is 0 Å². The number of rotatable bonds is 6. The second kappa shape index (κ2) is 7.09. The average molecular weight is 317 g/mol. The number of halogens is 3. The third-order valence-electron chi connectivity index (χ3n) is 3.78. The molecule has 0 radical (unpaired) electrons. The van der Waals surface area contributed by atoms with E-state index >= 15 is 0 Å². The lowest BCUT2D eigenvalue weighted by molar-refractivity contribution is -0.176. The van der Waals surface area contributed by atoms with Gasteiger partial charge in [-0.2, -0.15) is 13.2 Å². The Morgan fingerprint density at radius 2 is 2.00 bits per heavy atom. The number of likely N-dealkylation sites (N-methyl/N-ethyl adjacent to an activating group) is 1. The third-order valence-corrected chi connectivity index (χ3v) is 5.41. The van der Waals surface area contributed by atoms with Crippen LogP contribution in [0.3, 0.4) is 0 Å². The molecule has 120 valence electrons. The van der Waals surface area contributed by atoms with Crippen molar-refractivity contribution in [2.45, 2.75) is 43.2 Å². The quantitative estimate of drug-likeness (QED) is 0.811. The van der Waals surface area contributed by atoms with Gasteiger partial charge in [-0.15, -0.1) is 0 Å². The highest BCUT2D eigenvalue weighted by atomic mass is 32.2. The molecule has 0 aromatic carbocycles. The van der Waals surface area contributed by atoms with Gasteiger partial charge in [0.15, 0.2) is 0 Å². The van der Waals surface area contributed by atoms with Crippen LogP contribution < -0.4 is 5.32 Å². The van der Waals surface area contributed by atoms with Gasteiger partial charge in [-0.3, -0.25) is 0 Å². The molecular weight excluding hydrogens is 295 g/mol. The van der Waals surface area contributed by atoms with Crippen LogP contribution in [0.1, 0.15) is 25.7 Å². The van der Waals surface area contributed by atoms with E-state index < -0.39 is 22.6 Å². The minimum absolute atomic E-state index is 0.0294. The molecule has 8 heteroatoms. The van der Waals surface area contributed by atoms with E-state index in [9.17, 15) is 21.6 Å². The second-order valence-corrected chi connectivity index (χ2v) is 7.73. The molecule has 0 aromatic heterocycles. The normalized spacial score (nSPS) is 26.4. The minimum Gasteiger partial charge on any atom is -0.370 e. The molecule has 0 saturated heterocycles. The van der Waals surface area contributed by atoms with Crippen LogP contribution in [0.25, 0.3) is 0 Å². The highest BCUT2D eigenvalue weighted by Crippen LogP contribution is 2.31. The molecule has 0 bridgehead atoms. The molecule has 0 heterocycles. The highest BCUT2D eigenvalue weighted by Gasteiger charge is 2.33. The molecule has 1 fully saturated rings. The molecule has 1 N–H and O–H groups in total. The van der Waals surface area contributed by atoms with Crippen LogP contribution in [0.5, 0.6) is 0 Å². The smallest absolute Gasteiger partial charge is 0.370 e. The molecule has 3 unspecified atom stereocenters. The fraction of sp³-hybridized carbons (Fsp3) is 1.00. The molecule has 1 rings (SSSR count). The van der Waals surface area contributed by atoms with Crippen molar-refractivity contribution in [1.29, 1.82) is 0 Å². The van der Waals surface area contributed by atoms with Gasteiger partial charge in [0.2, 0.25) is 0 Å². The predicted molar refractivity (Wildman–Crippen MR) is 70.3 cm³/mol. The van der Waals surface area contributed by atoms with Crippen molar-refractivity contribution in [2.75, 3.05) is 26.5 Å². The maximum Gasteiger partial charge on any atom is 0.411 e. The summed E-state index contributed by atoms with van der Waals surface area (Å²) in [6, 6.07) is -0.248. The zero-order chi connectivity index (χ0) is 15.4. The zero-order valence-corrected chi connectivity index (χ0v) is 12.6. The molecule has 3 atom stereocenters. The first-order chi connectivity index (χ1) is 9.13. The van der Waals surface area contributed by atoms with E-state index in [0.717, 1.165) is 12.8 Å². The van der Waals surface area contributed by atoms with Crippen molar-refractivity contribution in [2.24, 2.45) is 5.92 Å². The Kier molecular flexibility index (Phi) is 6.27. The maximum absolute atomic E-state index is 12.0. The summed E-state index contributed by atoms with van der Waals surface area (Å²) >= 11 is 0. The fourth-order valence-electron chi connectivity index (χ4n) is 2.69. The molecule has 1 aliphatic rings. The monoisotopic (exact) mass is 317 g/mol. The first-order valence-electron chi connectivity index (χ1n) is 6.64. The summed E-state index contributed by atoms with van der Waals surface area (Å²) in [5, 5.41) is 2.55. The Morgan fingerprint density at radius 1 is 1.35 bits per heavy atom. The number of sulfone groups is 1. The van der Waals surface area contributed by atoms with Gasteiger partial charge in [0, 0.05) is 12.3 Å². The van der Waals surface area contributed by atoms with E-state index in [1.807, 2.05) is 0 Å². The summed E-state index contributed by atoms with van der Waals surface area (Å²) in [5.74, 6) is 0.0294. The highest BCUT2D eigenvalue weighted by molar-refractivity contribution is 7.91. The lowest BCUT2D eigenvalue weighted by atomic mass is 9.84. The molecule has 0 aliphatic heterocycles. The van der Waals surface area contributed by atoms with Gasteiger partial charge < -0.3 is 10.1 Å². The largest absolute Gasteiger partial charge is 0.411 e. The van der Waals surface area contributed by atoms with E-state index in [-0.39, 0.29) is 23.8 Å². The van der Waals surface area contributed by atoms with Crippen LogP contribution in [-0.4, -0.2) is 52.4 Å². The van der Waals surface area contributed by atoms with Gasteiger partial charge in [-0.1, -0.05) is 6.42 Å². The average Bonchev–Trinajstić information content (AvgIpc) is 2.32.